The van der Waals surface area contributed by atoms with Gasteiger partial charge in [0.2, 0.25) is 0 Å². The number of nitrogens with zero attached hydrogens (tertiary/aromatic N) is 1. The van der Waals surface area contributed by atoms with Crippen LogP contribution in [-0.2, 0) is 0 Å². The second-order valence-corrected chi connectivity index (χ2v) is 6.10. The van der Waals surface area contributed by atoms with E-state index in [-0.39, 0.29) is 6.61 Å². The van der Waals surface area contributed by atoms with Crippen molar-refractivity contribution in [2.45, 2.75) is 44.8 Å². The van der Waals surface area contributed by atoms with Crippen molar-refractivity contribution >= 4 is 21.6 Å². The lowest BCUT2D eigenvalue weighted by molar-refractivity contribution is 0.199. The van der Waals surface area contributed by atoms with E-state index >= 15 is 0 Å². The summed E-state index contributed by atoms with van der Waals surface area (Å²) in [6.45, 7) is 2.89. The molecule has 2 N–H and O–H groups in total. The van der Waals surface area contributed by atoms with Gasteiger partial charge in [0, 0.05) is 23.7 Å². The lowest BCUT2D eigenvalue weighted by Crippen LogP contribution is -2.41. The maximum absolute atomic E-state index is 9.62. The van der Waals surface area contributed by atoms with E-state index in [4.69, 9.17) is 5.11 Å². The summed E-state index contributed by atoms with van der Waals surface area (Å²) in [4.78, 5) is 2.38. The summed E-state index contributed by atoms with van der Waals surface area (Å²) in [5.41, 5.74) is 2.09. The van der Waals surface area contributed by atoms with Crippen LogP contribution in [0.4, 0.5) is 5.69 Å². The number of rotatable bonds is 6. The van der Waals surface area contributed by atoms with Gasteiger partial charge in [0.05, 0.1) is 11.8 Å². The van der Waals surface area contributed by atoms with Crippen molar-refractivity contribution in [1.29, 1.82) is 0 Å². The summed E-state index contributed by atoms with van der Waals surface area (Å²) in [6, 6.07) is 6.64. The van der Waals surface area contributed by atoms with Crippen molar-refractivity contribution in [1.82, 2.24) is 0 Å². The lowest BCUT2D eigenvalue weighted by atomic mass is 9.90. The highest BCUT2D eigenvalue weighted by atomic mass is 79.9. The smallest absolute Gasteiger partial charge is 0.0762 e. The molecular weight excluding hydrogens is 306 g/mol. The number of aliphatic hydroxyl groups is 2. The molecule has 106 valence electrons. The van der Waals surface area contributed by atoms with Gasteiger partial charge in [-0.25, -0.2) is 0 Å². The Balaban J connectivity index is 2.20. The van der Waals surface area contributed by atoms with E-state index < -0.39 is 6.10 Å². The maximum Gasteiger partial charge on any atom is 0.0762 e. The van der Waals surface area contributed by atoms with Crippen LogP contribution in [0.3, 0.4) is 0 Å². The number of aliphatic hydroxyl groups excluding tert-OH is 2. The van der Waals surface area contributed by atoms with Crippen LogP contribution in [0.15, 0.2) is 22.7 Å². The molecule has 1 fully saturated rings. The predicted molar refractivity (Wildman–Crippen MR) is 81.5 cm³/mol. The quantitative estimate of drug-likeness (QED) is 0.842. The Morgan fingerprint density at radius 1 is 1.42 bits per heavy atom. The molecule has 1 atom stereocenters. The molecule has 0 amide bonds. The Labute approximate surface area is 123 Å². The first-order valence-corrected chi connectivity index (χ1v) is 7.77. The molecule has 1 saturated carbocycles. The fourth-order valence-electron chi connectivity index (χ4n) is 2.46. The molecule has 3 nitrogen and oxygen atoms in total. The van der Waals surface area contributed by atoms with Gasteiger partial charge in [-0.1, -0.05) is 6.07 Å². The zero-order valence-corrected chi connectivity index (χ0v) is 12.9. The minimum atomic E-state index is -0.444. The molecule has 0 spiro atoms. The van der Waals surface area contributed by atoms with Crippen LogP contribution in [0.25, 0.3) is 0 Å². The molecule has 1 aliphatic carbocycles. The zero-order chi connectivity index (χ0) is 13.8. The van der Waals surface area contributed by atoms with Gasteiger partial charge in [0.25, 0.3) is 0 Å². The van der Waals surface area contributed by atoms with Gasteiger partial charge in [-0.05, 0) is 66.2 Å². The van der Waals surface area contributed by atoms with Crippen molar-refractivity contribution in [3.63, 3.8) is 0 Å². The average molecular weight is 328 g/mol. The highest BCUT2D eigenvalue weighted by molar-refractivity contribution is 9.10. The first-order chi connectivity index (χ1) is 9.13. The molecule has 0 heterocycles. The van der Waals surface area contributed by atoms with Crippen LogP contribution in [0.1, 0.15) is 44.3 Å². The molecule has 1 aromatic rings. The SMILES string of the molecule is C[C@@H](O)c1ccc(N(CCCO)C2CCC2)c(Br)c1. The molecule has 19 heavy (non-hydrogen) atoms. The molecule has 0 aromatic heterocycles. The summed E-state index contributed by atoms with van der Waals surface area (Å²) >= 11 is 3.61. The van der Waals surface area contributed by atoms with Gasteiger partial charge >= 0.3 is 0 Å². The van der Waals surface area contributed by atoms with Crippen molar-refractivity contribution < 1.29 is 10.2 Å². The van der Waals surface area contributed by atoms with Crippen LogP contribution in [0, 0.1) is 0 Å². The molecule has 0 bridgehead atoms. The van der Waals surface area contributed by atoms with Crippen molar-refractivity contribution in [2.24, 2.45) is 0 Å². The van der Waals surface area contributed by atoms with E-state index in [1.807, 2.05) is 12.1 Å². The van der Waals surface area contributed by atoms with E-state index in [9.17, 15) is 5.11 Å². The number of benzene rings is 1. The summed E-state index contributed by atoms with van der Waals surface area (Å²) in [5.74, 6) is 0. The predicted octanol–water partition coefficient (Wildman–Crippen LogP) is 3.24. The van der Waals surface area contributed by atoms with Gasteiger partial charge in [-0.3, -0.25) is 0 Å². The average Bonchev–Trinajstić information content (AvgIpc) is 2.32. The molecule has 2 rings (SSSR count). The zero-order valence-electron chi connectivity index (χ0n) is 11.3. The third kappa shape index (κ3) is 3.50. The lowest BCUT2D eigenvalue weighted by Gasteiger charge is -2.40. The summed E-state index contributed by atoms with van der Waals surface area (Å²) in [6.07, 6.45) is 4.11. The molecule has 0 saturated heterocycles. The first kappa shape index (κ1) is 14.8. The van der Waals surface area contributed by atoms with E-state index in [1.54, 1.807) is 6.92 Å². The summed E-state index contributed by atoms with van der Waals surface area (Å²) in [7, 11) is 0. The monoisotopic (exact) mass is 327 g/mol. The van der Waals surface area contributed by atoms with Gasteiger partial charge < -0.3 is 15.1 Å². The normalized spacial score (nSPS) is 17.1. The largest absolute Gasteiger partial charge is 0.396 e. The molecule has 0 unspecified atom stereocenters. The van der Waals surface area contributed by atoms with Gasteiger partial charge in [-0.2, -0.15) is 0 Å². The molecule has 1 aliphatic rings. The first-order valence-electron chi connectivity index (χ1n) is 6.98. The minimum absolute atomic E-state index is 0.229. The van der Waals surface area contributed by atoms with Crippen LogP contribution in [0.5, 0.6) is 0 Å². The Kier molecular flexibility index (Phi) is 5.25. The van der Waals surface area contributed by atoms with Crippen LogP contribution < -0.4 is 4.90 Å². The Hall–Kier alpha value is -0.580. The minimum Gasteiger partial charge on any atom is -0.396 e. The highest BCUT2D eigenvalue weighted by Gasteiger charge is 2.26. The molecule has 0 radical (unpaired) electrons. The van der Waals surface area contributed by atoms with Crippen molar-refractivity contribution in [2.75, 3.05) is 18.1 Å². The second-order valence-electron chi connectivity index (χ2n) is 5.24. The number of hydrogen-bond donors (Lipinski definition) is 2. The molecule has 4 heteroatoms. The van der Waals surface area contributed by atoms with Crippen LogP contribution in [-0.4, -0.2) is 29.4 Å². The number of halogens is 1. The third-order valence-electron chi connectivity index (χ3n) is 3.84. The standard InChI is InChI=1S/C15H22BrNO2/c1-11(19)12-6-7-15(14(16)10-12)17(8-3-9-18)13-4-2-5-13/h6-7,10-11,13,18-19H,2-5,8-9H2,1H3/t11-/m1/s1. The fraction of sp³-hybridized carbons (Fsp3) is 0.600. The Bertz CT molecular complexity index is 419. The number of hydrogen-bond acceptors (Lipinski definition) is 3. The van der Waals surface area contributed by atoms with Gasteiger partial charge in [0.1, 0.15) is 0 Å². The van der Waals surface area contributed by atoms with Crippen LogP contribution >= 0.6 is 15.9 Å². The van der Waals surface area contributed by atoms with E-state index in [0.29, 0.717) is 6.04 Å². The molecule has 0 aliphatic heterocycles. The Morgan fingerprint density at radius 2 is 2.16 bits per heavy atom. The summed E-state index contributed by atoms with van der Waals surface area (Å²) < 4.78 is 1.02. The van der Waals surface area contributed by atoms with Gasteiger partial charge in [-0.15, -0.1) is 0 Å². The molecule has 1 aromatic carbocycles. The van der Waals surface area contributed by atoms with E-state index in [0.717, 1.165) is 23.0 Å². The van der Waals surface area contributed by atoms with Crippen molar-refractivity contribution in [3.8, 4) is 0 Å². The number of anilines is 1. The molecular formula is C15H22BrNO2. The maximum atomic E-state index is 9.62. The highest BCUT2D eigenvalue weighted by Crippen LogP contribution is 2.35. The Morgan fingerprint density at radius 3 is 2.63 bits per heavy atom. The second kappa shape index (κ2) is 6.73. The van der Waals surface area contributed by atoms with E-state index in [1.165, 1.54) is 24.9 Å². The topological polar surface area (TPSA) is 43.7 Å². The van der Waals surface area contributed by atoms with Crippen LogP contribution in [0.2, 0.25) is 0 Å². The van der Waals surface area contributed by atoms with Crippen molar-refractivity contribution in [3.05, 3.63) is 28.2 Å². The summed E-state index contributed by atoms with van der Waals surface area (Å²) in [5, 5.41) is 18.7. The fourth-order valence-corrected chi connectivity index (χ4v) is 3.08. The van der Waals surface area contributed by atoms with Gasteiger partial charge in [0.15, 0.2) is 0 Å². The van der Waals surface area contributed by atoms with E-state index in [2.05, 4.69) is 26.9 Å². The third-order valence-corrected chi connectivity index (χ3v) is 4.47.